The minimum Gasteiger partial charge on any atom is -0.278 e. The van der Waals surface area contributed by atoms with E-state index in [0.29, 0.717) is 18.1 Å². The molecule has 0 unspecified atom stereocenters. The number of halogens is 1. The van der Waals surface area contributed by atoms with Gasteiger partial charge in [-0.3, -0.25) is 4.57 Å². The molecular formula is C12H12ClN3O. The Bertz CT molecular complexity index is 568. The molecule has 1 aromatic carbocycles. The zero-order chi connectivity index (χ0) is 12.3. The summed E-state index contributed by atoms with van der Waals surface area (Å²) in [6, 6.07) is 7.34. The predicted octanol–water partition coefficient (Wildman–Crippen LogP) is 1.93. The third-order valence-corrected chi connectivity index (χ3v) is 2.62. The summed E-state index contributed by atoms with van der Waals surface area (Å²) in [4.78, 5) is 11.8. The van der Waals surface area contributed by atoms with Crippen LogP contribution in [0.25, 0.3) is 0 Å². The Balaban J connectivity index is 2.21. The fraction of sp³-hybridized carbons (Fsp3) is 0.167. The predicted molar refractivity (Wildman–Crippen MR) is 67.2 cm³/mol. The van der Waals surface area contributed by atoms with Crippen molar-refractivity contribution in [1.82, 2.24) is 14.3 Å². The lowest BCUT2D eigenvalue weighted by atomic mass is 10.2. The summed E-state index contributed by atoms with van der Waals surface area (Å²) in [7, 11) is 0. The van der Waals surface area contributed by atoms with Crippen LogP contribution in [0.3, 0.4) is 0 Å². The van der Waals surface area contributed by atoms with Gasteiger partial charge >= 0.3 is 5.69 Å². The average molecular weight is 250 g/mol. The van der Waals surface area contributed by atoms with E-state index >= 15 is 0 Å². The van der Waals surface area contributed by atoms with Gasteiger partial charge in [-0.15, -0.1) is 6.58 Å². The van der Waals surface area contributed by atoms with E-state index in [1.807, 2.05) is 12.1 Å². The first kappa shape index (κ1) is 11.7. The minimum absolute atomic E-state index is 0.139. The second-order valence-corrected chi connectivity index (χ2v) is 4.08. The molecule has 2 aromatic rings. The second-order valence-electron chi connectivity index (χ2n) is 3.64. The van der Waals surface area contributed by atoms with Crippen molar-refractivity contribution in [2.24, 2.45) is 0 Å². The molecule has 1 heterocycles. The third kappa shape index (κ3) is 2.65. The van der Waals surface area contributed by atoms with Crippen molar-refractivity contribution in [3.63, 3.8) is 0 Å². The highest BCUT2D eigenvalue weighted by atomic mass is 35.5. The molecule has 0 atom stereocenters. The standard InChI is InChI=1S/C12H12ClN3O/c1-2-7-15-9-14-16(12(15)17)8-10-3-5-11(13)6-4-10/h2-6,9H,1,7-8H2. The molecule has 0 amide bonds. The van der Waals surface area contributed by atoms with Crippen LogP contribution in [0.15, 0.2) is 48.0 Å². The van der Waals surface area contributed by atoms with Crippen LogP contribution in [0.2, 0.25) is 5.02 Å². The maximum absolute atomic E-state index is 11.8. The minimum atomic E-state index is -0.139. The lowest BCUT2D eigenvalue weighted by Gasteiger charge is -2.00. The molecule has 1 aromatic heterocycles. The van der Waals surface area contributed by atoms with Crippen LogP contribution in [0.5, 0.6) is 0 Å². The quantitative estimate of drug-likeness (QED) is 0.777. The van der Waals surface area contributed by atoms with Crippen molar-refractivity contribution < 1.29 is 0 Å². The van der Waals surface area contributed by atoms with Gasteiger partial charge in [0.15, 0.2) is 0 Å². The molecule has 0 fully saturated rings. The van der Waals surface area contributed by atoms with Crippen molar-refractivity contribution in [2.75, 3.05) is 0 Å². The van der Waals surface area contributed by atoms with Gasteiger partial charge in [-0.25, -0.2) is 9.48 Å². The van der Waals surface area contributed by atoms with E-state index < -0.39 is 0 Å². The van der Waals surface area contributed by atoms with Crippen LogP contribution in [0, 0.1) is 0 Å². The van der Waals surface area contributed by atoms with E-state index in [-0.39, 0.29) is 5.69 Å². The van der Waals surface area contributed by atoms with Crippen molar-refractivity contribution in [3.8, 4) is 0 Å². The largest absolute Gasteiger partial charge is 0.346 e. The Hall–Kier alpha value is -1.81. The lowest BCUT2D eigenvalue weighted by Crippen LogP contribution is -2.24. The summed E-state index contributed by atoms with van der Waals surface area (Å²) in [6.07, 6.45) is 3.18. The van der Waals surface area contributed by atoms with Crippen LogP contribution in [0.4, 0.5) is 0 Å². The van der Waals surface area contributed by atoms with Crippen LogP contribution < -0.4 is 5.69 Å². The van der Waals surface area contributed by atoms with Gasteiger partial charge in [0.2, 0.25) is 0 Å². The van der Waals surface area contributed by atoms with E-state index in [9.17, 15) is 4.79 Å². The number of nitrogens with zero attached hydrogens (tertiary/aromatic N) is 3. The van der Waals surface area contributed by atoms with E-state index in [1.165, 1.54) is 15.6 Å². The molecular weight excluding hydrogens is 238 g/mol. The molecule has 0 aliphatic heterocycles. The Morgan fingerprint density at radius 3 is 2.71 bits per heavy atom. The van der Waals surface area contributed by atoms with Gasteiger partial charge in [0.25, 0.3) is 0 Å². The van der Waals surface area contributed by atoms with Gasteiger partial charge in [0.05, 0.1) is 6.54 Å². The first-order valence-corrected chi connectivity index (χ1v) is 5.56. The van der Waals surface area contributed by atoms with Crippen molar-refractivity contribution in [3.05, 3.63) is 64.3 Å². The zero-order valence-electron chi connectivity index (χ0n) is 9.21. The second kappa shape index (κ2) is 5.01. The maximum atomic E-state index is 11.8. The van der Waals surface area contributed by atoms with E-state index in [4.69, 9.17) is 11.6 Å². The summed E-state index contributed by atoms with van der Waals surface area (Å²) in [5.41, 5.74) is 0.847. The molecule has 0 saturated carbocycles. The van der Waals surface area contributed by atoms with Crippen LogP contribution in [-0.4, -0.2) is 14.3 Å². The lowest BCUT2D eigenvalue weighted by molar-refractivity contribution is 0.639. The maximum Gasteiger partial charge on any atom is 0.346 e. The van der Waals surface area contributed by atoms with Crippen LogP contribution >= 0.6 is 11.6 Å². The normalized spacial score (nSPS) is 10.4. The number of aromatic nitrogens is 3. The summed E-state index contributed by atoms with van der Waals surface area (Å²) < 4.78 is 2.91. The van der Waals surface area contributed by atoms with Crippen molar-refractivity contribution in [1.29, 1.82) is 0 Å². The van der Waals surface area contributed by atoms with Crippen molar-refractivity contribution in [2.45, 2.75) is 13.1 Å². The Morgan fingerprint density at radius 2 is 2.06 bits per heavy atom. The highest BCUT2D eigenvalue weighted by molar-refractivity contribution is 6.30. The first-order valence-electron chi connectivity index (χ1n) is 5.18. The molecule has 0 saturated heterocycles. The highest BCUT2D eigenvalue weighted by Crippen LogP contribution is 2.09. The molecule has 88 valence electrons. The molecule has 17 heavy (non-hydrogen) atoms. The molecule has 0 N–H and O–H groups in total. The Kier molecular flexibility index (Phi) is 3.44. The van der Waals surface area contributed by atoms with Gasteiger partial charge in [0.1, 0.15) is 6.33 Å². The molecule has 0 aliphatic rings. The molecule has 5 heteroatoms. The SMILES string of the molecule is C=CCn1cnn(Cc2ccc(Cl)cc2)c1=O. The van der Waals surface area contributed by atoms with E-state index in [1.54, 1.807) is 18.2 Å². The number of hydrogen-bond donors (Lipinski definition) is 0. The van der Waals surface area contributed by atoms with Gasteiger partial charge in [-0.2, -0.15) is 5.10 Å². The van der Waals surface area contributed by atoms with Gasteiger partial charge in [-0.05, 0) is 17.7 Å². The molecule has 0 spiro atoms. The highest BCUT2D eigenvalue weighted by Gasteiger charge is 2.04. The number of allylic oxidation sites excluding steroid dienone is 1. The van der Waals surface area contributed by atoms with E-state index in [0.717, 1.165) is 5.56 Å². The molecule has 0 aliphatic carbocycles. The zero-order valence-corrected chi connectivity index (χ0v) is 9.97. The topological polar surface area (TPSA) is 39.8 Å². The summed E-state index contributed by atoms with van der Waals surface area (Å²) >= 11 is 5.79. The Morgan fingerprint density at radius 1 is 1.35 bits per heavy atom. The van der Waals surface area contributed by atoms with Crippen LogP contribution in [0.1, 0.15) is 5.56 Å². The first-order chi connectivity index (χ1) is 8.20. The smallest absolute Gasteiger partial charge is 0.278 e. The summed E-state index contributed by atoms with van der Waals surface area (Å²) in [5.74, 6) is 0. The number of benzene rings is 1. The third-order valence-electron chi connectivity index (χ3n) is 2.37. The molecule has 2 rings (SSSR count). The fourth-order valence-corrected chi connectivity index (χ4v) is 1.63. The molecule has 4 nitrogen and oxygen atoms in total. The monoisotopic (exact) mass is 249 g/mol. The molecule has 0 radical (unpaired) electrons. The summed E-state index contributed by atoms with van der Waals surface area (Å²) in [6.45, 7) is 4.50. The molecule has 0 bridgehead atoms. The Labute approximate surface area is 104 Å². The van der Waals surface area contributed by atoms with Gasteiger partial charge < -0.3 is 0 Å². The number of rotatable bonds is 4. The van der Waals surface area contributed by atoms with Crippen LogP contribution in [-0.2, 0) is 13.1 Å². The van der Waals surface area contributed by atoms with Gasteiger partial charge in [0, 0.05) is 11.6 Å². The van der Waals surface area contributed by atoms with Gasteiger partial charge in [-0.1, -0.05) is 29.8 Å². The summed E-state index contributed by atoms with van der Waals surface area (Å²) in [5, 5.41) is 4.72. The average Bonchev–Trinajstić information content (AvgIpc) is 2.65. The fourth-order valence-electron chi connectivity index (χ4n) is 1.51. The van der Waals surface area contributed by atoms with E-state index in [2.05, 4.69) is 11.7 Å². The van der Waals surface area contributed by atoms with Crippen molar-refractivity contribution >= 4 is 11.6 Å². The number of hydrogen-bond acceptors (Lipinski definition) is 2.